The van der Waals surface area contributed by atoms with Gasteiger partial charge in [-0.3, -0.25) is 9.69 Å². The number of carbonyl (C=O) groups is 1. The van der Waals surface area contributed by atoms with Crippen molar-refractivity contribution in [3.63, 3.8) is 0 Å². The molecule has 2 aromatic rings. The van der Waals surface area contributed by atoms with Crippen molar-refractivity contribution in [2.45, 2.75) is 24.0 Å². The van der Waals surface area contributed by atoms with Crippen LogP contribution in [0.3, 0.4) is 0 Å². The largest absolute Gasteiger partial charge is 0.496 e. The smallest absolute Gasteiger partial charge is 0.248 e. The molecular formula is C23H28N2O4. The summed E-state index contributed by atoms with van der Waals surface area (Å²) in [7, 11) is 3.22. The minimum absolute atomic E-state index is 0.00184. The summed E-state index contributed by atoms with van der Waals surface area (Å²) < 4.78 is 10.6. The monoisotopic (exact) mass is 396 g/mol. The number of amides is 1. The first kappa shape index (κ1) is 19.9. The molecule has 4 rings (SSSR count). The van der Waals surface area contributed by atoms with Gasteiger partial charge >= 0.3 is 0 Å². The lowest BCUT2D eigenvalue weighted by molar-refractivity contribution is -0.201. The van der Waals surface area contributed by atoms with Gasteiger partial charge in [0, 0.05) is 44.3 Å². The second-order valence-corrected chi connectivity index (χ2v) is 7.86. The molecule has 2 heterocycles. The Morgan fingerprint density at radius 1 is 1.10 bits per heavy atom. The van der Waals surface area contributed by atoms with Gasteiger partial charge in [-0.05, 0) is 11.6 Å². The molecule has 2 aliphatic rings. The van der Waals surface area contributed by atoms with E-state index in [0.717, 1.165) is 11.3 Å². The molecule has 1 spiro atoms. The van der Waals surface area contributed by atoms with Crippen molar-refractivity contribution >= 4 is 5.91 Å². The van der Waals surface area contributed by atoms with Crippen molar-refractivity contribution in [3.05, 3.63) is 65.7 Å². The Bertz CT molecular complexity index is 851. The van der Waals surface area contributed by atoms with Gasteiger partial charge in [0.15, 0.2) is 0 Å². The molecule has 154 valence electrons. The molecule has 0 aliphatic carbocycles. The van der Waals surface area contributed by atoms with Crippen molar-refractivity contribution in [1.82, 2.24) is 9.80 Å². The summed E-state index contributed by atoms with van der Waals surface area (Å²) >= 11 is 0. The predicted octanol–water partition coefficient (Wildman–Crippen LogP) is 1.88. The van der Waals surface area contributed by atoms with E-state index < -0.39 is 0 Å². The minimum Gasteiger partial charge on any atom is -0.496 e. The highest BCUT2D eigenvalue weighted by Gasteiger charge is 2.66. The van der Waals surface area contributed by atoms with Crippen molar-refractivity contribution in [2.75, 3.05) is 40.5 Å². The lowest BCUT2D eigenvalue weighted by atomic mass is 9.60. The third-order valence-electron chi connectivity index (χ3n) is 6.36. The molecule has 2 aliphatic heterocycles. The Labute approximate surface area is 171 Å². The van der Waals surface area contributed by atoms with Gasteiger partial charge in [-0.2, -0.15) is 0 Å². The lowest BCUT2D eigenvalue weighted by Gasteiger charge is -2.70. The molecular weight excluding hydrogens is 368 g/mol. The van der Waals surface area contributed by atoms with Gasteiger partial charge in [0.05, 0.1) is 19.3 Å². The number of carbonyl (C=O) groups excluding carboxylic acids is 1. The second-order valence-electron chi connectivity index (χ2n) is 7.86. The van der Waals surface area contributed by atoms with Gasteiger partial charge in [-0.15, -0.1) is 0 Å². The van der Waals surface area contributed by atoms with E-state index in [1.54, 1.807) is 14.2 Å². The van der Waals surface area contributed by atoms with Crippen LogP contribution in [-0.4, -0.2) is 72.9 Å². The molecule has 6 nitrogen and oxygen atoms in total. The van der Waals surface area contributed by atoms with Crippen LogP contribution in [0.1, 0.15) is 17.0 Å². The molecule has 6 heteroatoms. The maximum atomic E-state index is 12.3. The summed E-state index contributed by atoms with van der Waals surface area (Å²) in [6, 6.07) is 18.3. The Morgan fingerprint density at radius 3 is 2.45 bits per heavy atom. The van der Waals surface area contributed by atoms with Gasteiger partial charge in [-0.1, -0.05) is 48.5 Å². The summed E-state index contributed by atoms with van der Waals surface area (Å²) in [6.07, 6.45) is 0. The number of nitrogens with zero attached hydrogens (tertiary/aromatic N) is 2. The number of aliphatic hydroxyl groups is 1. The first-order valence-corrected chi connectivity index (χ1v) is 9.95. The molecule has 2 aromatic carbocycles. The van der Waals surface area contributed by atoms with Crippen LogP contribution in [0.4, 0.5) is 0 Å². The van der Waals surface area contributed by atoms with E-state index >= 15 is 0 Å². The second kappa shape index (κ2) is 8.14. The Kier molecular flexibility index (Phi) is 5.58. The van der Waals surface area contributed by atoms with E-state index in [1.165, 1.54) is 5.56 Å². The number of hydrogen-bond donors (Lipinski definition) is 1. The normalized spacial score (nSPS) is 22.8. The van der Waals surface area contributed by atoms with Crippen molar-refractivity contribution < 1.29 is 19.4 Å². The van der Waals surface area contributed by atoms with Crippen LogP contribution in [-0.2, 0) is 16.1 Å². The molecule has 2 fully saturated rings. The fraction of sp³-hybridized carbons (Fsp3) is 0.435. The molecule has 0 saturated carbocycles. The van der Waals surface area contributed by atoms with Gasteiger partial charge in [0.2, 0.25) is 5.91 Å². The number of aliphatic hydroxyl groups excluding tert-OH is 1. The fourth-order valence-corrected chi connectivity index (χ4v) is 5.04. The first-order valence-electron chi connectivity index (χ1n) is 9.95. The quantitative estimate of drug-likeness (QED) is 0.774. The average Bonchev–Trinajstić information content (AvgIpc) is 2.71. The summed E-state index contributed by atoms with van der Waals surface area (Å²) in [5.74, 6) is 1.03. The molecule has 1 amide bonds. The molecule has 1 N–H and O–H groups in total. The van der Waals surface area contributed by atoms with Gasteiger partial charge in [0.1, 0.15) is 12.4 Å². The van der Waals surface area contributed by atoms with Crippen LogP contribution < -0.4 is 4.74 Å². The molecule has 2 saturated heterocycles. The van der Waals surface area contributed by atoms with Crippen LogP contribution >= 0.6 is 0 Å². The van der Waals surface area contributed by atoms with E-state index in [4.69, 9.17) is 9.47 Å². The average molecular weight is 396 g/mol. The Hall–Kier alpha value is -2.41. The number of hydrogen-bond acceptors (Lipinski definition) is 5. The number of ether oxygens (including phenoxy) is 2. The number of likely N-dealkylation sites (tertiary alicyclic amines) is 2. The highest BCUT2D eigenvalue weighted by atomic mass is 16.5. The van der Waals surface area contributed by atoms with Crippen LogP contribution in [0, 0.1) is 0 Å². The highest BCUT2D eigenvalue weighted by Crippen LogP contribution is 2.54. The van der Waals surface area contributed by atoms with Crippen LogP contribution in [0.25, 0.3) is 0 Å². The van der Waals surface area contributed by atoms with E-state index in [9.17, 15) is 9.90 Å². The van der Waals surface area contributed by atoms with E-state index in [-0.39, 0.29) is 36.6 Å². The molecule has 29 heavy (non-hydrogen) atoms. The summed E-state index contributed by atoms with van der Waals surface area (Å²) in [4.78, 5) is 16.5. The standard InChI is InChI=1S/C23H28N2O4/c1-28-14-21(27)24-15-23(16-24)22(17-8-4-3-5-9-17)19(13-26)25(23)12-18-10-6-7-11-20(18)29-2/h3-11,19,22,26H,12-16H2,1-2H3/t19-,22+/m0/s1. The third kappa shape index (κ3) is 3.31. The molecule has 0 unspecified atom stereocenters. The zero-order chi connectivity index (χ0) is 20.4. The zero-order valence-corrected chi connectivity index (χ0v) is 17.0. The molecule has 0 aromatic heterocycles. The van der Waals surface area contributed by atoms with Crippen LogP contribution in [0.2, 0.25) is 0 Å². The number of methoxy groups -OCH3 is 2. The molecule has 0 radical (unpaired) electrons. The topological polar surface area (TPSA) is 62.2 Å². The molecule has 0 bridgehead atoms. The van der Waals surface area contributed by atoms with E-state index in [0.29, 0.717) is 19.6 Å². The van der Waals surface area contributed by atoms with Crippen LogP contribution in [0.5, 0.6) is 5.75 Å². The maximum Gasteiger partial charge on any atom is 0.248 e. The summed E-state index contributed by atoms with van der Waals surface area (Å²) in [5.41, 5.74) is 2.11. The zero-order valence-electron chi connectivity index (χ0n) is 17.0. The van der Waals surface area contributed by atoms with Gasteiger partial charge in [-0.25, -0.2) is 0 Å². The SMILES string of the molecule is COCC(=O)N1CC2(C1)[C@H](c1ccccc1)[C@H](CO)N2Cc1ccccc1OC. The predicted molar refractivity (Wildman–Crippen MR) is 110 cm³/mol. The number of benzene rings is 2. The third-order valence-corrected chi connectivity index (χ3v) is 6.36. The number of rotatable bonds is 7. The fourth-order valence-electron chi connectivity index (χ4n) is 5.04. The van der Waals surface area contributed by atoms with Crippen LogP contribution in [0.15, 0.2) is 54.6 Å². The Morgan fingerprint density at radius 2 is 1.79 bits per heavy atom. The van der Waals surface area contributed by atoms with Crippen molar-refractivity contribution in [1.29, 1.82) is 0 Å². The van der Waals surface area contributed by atoms with E-state index in [2.05, 4.69) is 23.1 Å². The minimum atomic E-state index is -0.182. The molecule has 2 atom stereocenters. The van der Waals surface area contributed by atoms with Gasteiger partial charge < -0.3 is 19.5 Å². The van der Waals surface area contributed by atoms with Gasteiger partial charge in [0.25, 0.3) is 0 Å². The van der Waals surface area contributed by atoms with E-state index in [1.807, 2.05) is 41.3 Å². The Balaban J connectivity index is 1.63. The van der Waals surface area contributed by atoms with Crippen molar-refractivity contribution in [3.8, 4) is 5.75 Å². The number of para-hydroxylation sites is 1. The summed E-state index contributed by atoms with van der Waals surface area (Å²) in [6.45, 7) is 2.12. The maximum absolute atomic E-state index is 12.3. The highest BCUT2D eigenvalue weighted by molar-refractivity contribution is 5.79. The first-order chi connectivity index (χ1) is 14.1. The summed E-state index contributed by atoms with van der Waals surface area (Å²) in [5, 5.41) is 10.2. The lowest BCUT2D eigenvalue weighted by Crippen LogP contribution is -2.84. The van der Waals surface area contributed by atoms with Crippen molar-refractivity contribution in [2.24, 2.45) is 0 Å².